The Morgan fingerprint density at radius 1 is 1.58 bits per heavy atom. The van der Waals surface area contributed by atoms with Crippen molar-refractivity contribution in [1.82, 2.24) is 14.7 Å². The quantitative estimate of drug-likeness (QED) is 0.539. The number of thioether (sulfide) groups is 1. The van der Waals surface area contributed by atoms with Crippen LogP contribution in [0.4, 0.5) is 0 Å². The Labute approximate surface area is 122 Å². The Bertz CT molecular complexity index is 384. The molecule has 0 fully saturated rings. The van der Waals surface area contributed by atoms with Crippen molar-refractivity contribution < 1.29 is 9.90 Å². The van der Waals surface area contributed by atoms with E-state index in [2.05, 4.69) is 14.7 Å². The highest BCUT2D eigenvalue weighted by Gasteiger charge is 2.32. The van der Waals surface area contributed by atoms with Gasteiger partial charge in [0, 0.05) is 11.8 Å². The van der Waals surface area contributed by atoms with E-state index >= 15 is 0 Å². The summed E-state index contributed by atoms with van der Waals surface area (Å²) in [5, 5.41) is 12.4. The molecular weight excluding hydrogens is 282 g/mol. The Balaban J connectivity index is 2.26. The minimum absolute atomic E-state index is 0.164. The number of nitrogens with zero attached hydrogens (tertiary/aromatic N) is 2. The van der Waals surface area contributed by atoms with Gasteiger partial charge in [-0.1, -0.05) is 18.2 Å². The van der Waals surface area contributed by atoms with Crippen molar-refractivity contribution in [2.45, 2.75) is 56.0 Å². The number of hydrogen-bond donors (Lipinski definition) is 2. The summed E-state index contributed by atoms with van der Waals surface area (Å²) in [6, 6.07) is 0.164. The topological polar surface area (TPSA) is 75.1 Å². The Kier molecular flexibility index (Phi) is 6.74. The molecule has 1 aromatic rings. The van der Waals surface area contributed by atoms with Gasteiger partial charge in [-0.3, -0.25) is 10.1 Å². The fraction of sp³-hybridized carbons (Fsp3) is 0.750. The van der Waals surface area contributed by atoms with Gasteiger partial charge in [0.15, 0.2) is 4.34 Å². The maximum Gasteiger partial charge on any atom is 0.323 e. The van der Waals surface area contributed by atoms with E-state index < -0.39 is 11.5 Å². The Morgan fingerprint density at radius 3 is 2.84 bits per heavy atom. The number of unbranched alkanes of at least 4 members (excludes halogenated alkanes) is 1. The number of hydrogen-bond acceptors (Lipinski definition) is 6. The Hall–Kier alpha value is -0.660. The summed E-state index contributed by atoms with van der Waals surface area (Å²) in [7, 11) is 0. The second kappa shape index (κ2) is 7.81. The molecule has 2 N–H and O–H groups in total. The van der Waals surface area contributed by atoms with E-state index in [1.54, 1.807) is 25.0 Å². The molecule has 0 spiro atoms. The van der Waals surface area contributed by atoms with Crippen molar-refractivity contribution in [1.29, 1.82) is 0 Å². The molecule has 1 rings (SSSR count). The van der Waals surface area contributed by atoms with Crippen LogP contribution in [0.2, 0.25) is 0 Å². The maximum atomic E-state index is 11.3. The third kappa shape index (κ3) is 5.88. The summed E-state index contributed by atoms with van der Waals surface area (Å²) in [5.41, 5.74) is -0.832. The van der Waals surface area contributed by atoms with Crippen molar-refractivity contribution in [3.8, 4) is 0 Å². The van der Waals surface area contributed by atoms with Crippen LogP contribution in [-0.4, -0.2) is 37.8 Å². The van der Waals surface area contributed by atoms with Gasteiger partial charge in [-0.2, -0.15) is 4.37 Å². The average molecular weight is 303 g/mol. The van der Waals surface area contributed by atoms with Gasteiger partial charge in [0.1, 0.15) is 11.9 Å². The zero-order valence-electron chi connectivity index (χ0n) is 11.5. The zero-order valence-corrected chi connectivity index (χ0v) is 13.2. The van der Waals surface area contributed by atoms with Crippen LogP contribution in [0.1, 0.15) is 40.0 Å². The first-order valence-electron chi connectivity index (χ1n) is 6.34. The third-order valence-corrected chi connectivity index (χ3v) is 4.60. The molecule has 108 valence electrons. The van der Waals surface area contributed by atoms with Crippen molar-refractivity contribution in [2.75, 3.05) is 5.75 Å². The van der Waals surface area contributed by atoms with Crippen molar-refractivity contribution in [3.63, 3.8) is 0 Å². The standard InChI is InChI=1S/C12H21N3O2S2/c1-9(2)15-12(3,10(16)17)6-4-5-7-18-11-13-8-14-19-11/h8-9,15H,4-7H2,1-3H3,(H,16,17). The highest BCUT2D eigenvalue weighted by molar-refractivity contribution is 8.00. The molecule has 0 saturated heterocycles. The molecule has 0 aliphatic rings. The molecule has 5 nitrogen and oxygen atoms in total. The summed E-state index contributed by atoms with van der Waals surface area (Å²) >= 11 is 3.07. The lowest BCUT2D eigenvalue weighted by Crippen LogP contribution is -2.52. The van der Waals surface area contributed by atoms with Gasteiger partial charge in [-0.15, -0.1) is 0 Å². The summed E-state index contributed by atoms with van der Waals surface area (Å²) in [5.74, 6) is 0.171. The SMILES string of the molecule is CC(C)NC(C)(CCCCSc1ncns1)C(=O)O. The van der Waals surface area contributed by atoms with Crippen molar-refractivity contribution in [2.24, 2.45) is 0 Å². The van der Waals surface area contributed by atoms with E-state index in [-0.39, 0.29) is 6.04 Å². The van der Waals surface area contributed by atoms with Crippen molar-refractivity contribution >= 4 is 29.3 Å². The lowest BCUT2D eigenvalue weighted by Gasteiger charge is -2.28. The predicted octanol–water partition coefficient (Wildman–Crippen LogP) is 2.64. The maximum absolute atomic E-state index is 11.3. The molecule has 1 aromatic heterocycles. The molecule has 0 aliphatic heterocycles. The third-order valence-electron chi connectivity index (χ3n) is 2.72. The number of aromatic nitrogens is 2. The number of carbonyl (C=O) groups is 1. The van der Waals surface area contributed by atoms with Crippen LogP contribution in [0.25, 0.3) is 0 Å². The normalized spacial score (nSPS) is 14.5. The first kappa shape index (κ1) is 16.4. The first-order valence-corrected chi connectivity index (χ1v) is 8.10. The van der Waals surface area contributed by atoms with E-state index in [1.807, 2.05) is 13.8 Å². The van der Waals surface area contributed by atoms with Gasteiger partial charge in [0.05, 0.1) is 0 Å². The van der Waals surface area contributed by atoms with E-state index in [0.717, 1.165) is 22.9 Å². The highest BCUT2D eigenvalue weighted by Crippen LogP contribution is 2.21. The number of carboxylic acids is 1. The van der Waals surface area contributed by atoms with Gasteiger partial charge < -0.3 is 5.11 Å². The van der Waals surface area contributed by atoms with Gasteiger partial charge in [0.25, 0.3) is 0 Å². The van der Waals surface area contributed by atoms with E-state index in [9.17, 15) is 9.90 Å². The second-order valence-corrected chi connectivity index (χ2v) is 7.07. The first-order chi connectivity index (χ1) is 8.94. The lowest BCUT2D eigenvalue weighted by atomic mass is 9.94. The van der Waals surface area contributed by atoms with E-state index in [1.165, 1.54) is 11.5 Å². The lowest BCUT2D eigenvalue weighted by molar-refractivity contribution is -0.144. The number of nitrogens with one attached hydrogen (secondary N) is 1. The average Bonchev–Trinajstić information content (AvgIpc) is 2.80. The van der Waals surface area contributed by atoms with Crippen LogP contribution in [0.5, 0.6) is 0 Å². The van der Waals surface area contributed by atoms with Crippen LogP contribution in [-0.2, 0) is 4.79 Å². The molecule has 0 aliphatic carbocycles. The fourth-order valence-corrected chi connectivity index (χ4v) is 3.36. The smallest absolute Gasteiger partial charge is 0.323 e. The molecule has 7 heteroatoms. The molecule has 0 amide bonds. The molecular formula is C12H21N3O2S2. The number of aliphatic carboxylic acids is 1. The van der Waals surface area contributed by atoms with Crippen molar-refractivity contribution in [3.05, 3.63) is 6.33 Å². The fourth-order valence-electron chi connectivity index (χ4n) is 1.84. The number of carboxylic acid groups (broad SMARTS) is 1. The van der Waals surface area contributed by atoms with Crippen LogP contribution in [0.3, 0.4) is 0 Å². The molecule has 1 heterocycles. The van der Waals surface area contributed by atoms with Gasteiger partial charge in [-0.05, 0) is 45.1 Å². The molecule has 0 radical (unpaired) electrons. The molecule has 1 unspecified atom stereocenters. The monoisotopic (exact) mass is 303 g/mol. The number of rotatable bonds is 9. The molecule has 0 aromatic carbocycles. The van der Waals surface area contributed by atoms with Gasteiger partial charge >= 0.3 is 5.97 Å². The summed E-state index contributed by atoms with van der Waals surface area (Å²) in [6.45, 7) is 5.69. The minimum atomic E-state index is -0.832. The minimum Gasteiger partial charge on any atom is -0.480 e. The highest BCUT2D eigenvalue weighted by atomic mass is 32.2. The van der Waals surface area contributed by atoms with Crippen LogP contribution < -0.4 is 5.32 Å². The summed E-state index contributed by atoms with van der Waals surface area (Å²) in [6.07, 6.45) is 4.06. The summed E-state index contributed by atoms with van der Waals surface area (Å²) in [4.78, 5) is 15.4. The van der Waals surface area contributed by atoms with E-state index in [0.29, 0.717) is 6.42 Å². The van der Waals surface area contributed by atoms with Crippen LogP contribution >= 0.6 is 23.3 Å². The second-order valence-electron chi connectivity index (χ2n) is 4.95. The van der Waals surface area contributed by atoms with Gasteiger partial charge in [0.2, 0.25) is 0 Å². The van der Waals surface area contributed by atoms with Crippen LogP contribution in [0.15, 0.2) is 10.7 Å². The summed E-state index contributed by atoms with van der Waals surface area (Å²) < 4.78 is 4.91. The molecule has 19 heavy (non-hydrogen) atoms. The zero-order chi connectivity index (χ0) is 14.3. The molecule has 1 atom stereocenters. The van der Waals surface area contributed by atoms with E-state index in [4.69, 9.17) is 0 Å². The van der Waals surface area contributed by atoms with Gasteiger partial charge in [-0.25, -0.2) is 4.98 Å². The Morgan fingerprint density at radius 2 is 2.32 bits per heavy atom. The van der Waals surface area contributed by atoms with Crippen LogP contribution in [0, 0.1) is 0 Å². The molecule has 0 saturated carbocycles. The predicted molar refractivity (Wildman–Crippen MR) is 78.8 cm³/mol. The molecule has 0 bridgehead atoms. The largest absolute Gasteiger partial charge is 0.480 e.